The largest absolute Gasteiger partial charge is 0.497 e. The third-order valence-corrected chi connectivity index (χ3v) is 3.73. The zero-order valence-corrected chi connectivity index (χ0v) is 14.5. The maximum absolute atomic E-state index is 12.3. The zero-order chi connectivity index (χ0) is 17.9. The van der Waals surface area contributed by atoms with Crippen molar-refractivity contribution < 1.29 is 24.2 Å². The van der Waals surface area contributed by atoms with Crippen molar-refractivity contribution in [2.45, 2.75) is 32.4 Å². The monoisotopic (exact) mass is 336 g/mol. The van der Waals surface area contributed by atoms with Crippen LogP contribution in [0.4, 0.5) is 10.5 Å². The van der Waals surface area contributed by atoms with E-state index in [2.05, 4.69) is 0 Å². The Morgan fingerprint density at radius 3 is 2.29 bits per heavy atom. The molecule has 0 spiro atoms. The van der Waals surface area contributed by atoms with Crippen LogP contribution < -0.4 is 9.64 Å². The summed E-state index contributed by atoms with van der Waals surface area (Å²) >= 11 is 0. The summed E-state index contributed by atoms with van der Waals surface area (Å²) in [6.07, 6.45) is -0.593. The molecule has 2 rings (SSSR count). The molecule has 1 aromatic rings. The molecule has 132 valence electrons. The van der Waals surface area contributed by atoms with Gasteiger partial charge in [-0.3, -0.25) is 4.90 Å². The maximum atomic E-state index is 12.3. The van der Waals surface area contributed by atoms with Gasteiger partial charge in [0.2, 0.25) is 0 Å². The highest BCUT2D eigenvalue weighted by atomic mass is 16.6. The number of carbonyl (C=O) groups excluding carboxylic acids is 1. The standard InChI is InChI=1S/C17H24N2O5/c1-17(2,3)24-16(22)19-10-9-18(11-14(19)15(20)21)12-5-7-13(23-4)8-6-12/h5-8,14H,9-11H2,1-4H3,(H,20,21)/t14-/m1/s1. The lowest BCUT2D eigenvalue weighted by atomic mass is 10.1. The van der Waals surface area contributed by atoms with Gasteiger partial charge < -0.3 is 19.5 Å². The van der Waals surface area contributed by atoms with Crippen molar-refractivity contribution in [1.82, 2.24) is 4.90 Å². The second-order valence-electron chi connectivity index (χ2n) is 6.67. The van der Waals surface area contributed by atoms with Crippen LogP contribution in [0.15, 0.2) is 24.3 Å². The van der Waals surface area contributed by atoms with E-state index in [0.29, 0.717) is 6.54 Å². The van der Waals surface area contributed by atoms with Gasteiger partial charge >= 0.3 is 12.1 Å². The molecule has 1 aromatic carbocycles. The first-order valence-corrected chi connectivity index (χ1v) is 7.82. The fraction of sp³-hybridized carbons (Fsp3) is 0.529. The predicted molar refractivity (Wildman–Crippen MR) is 89.6 cm³/mol. The van der Waals surface area contributed by atoms with Gasteiger partial charge in [0, 0.05) is 25.3 Å². The van der Waals surface area contributed by atoms with E-state index >= 15 is 0 Å². The van der Waals surface area contributed by atoms with Crippen LogP contribution in [0.25, 0.3) is 0 Å². The number of methoxy groups -OCH3 is 1. The van der Waals surface area contributed by atoms with Crippen LogP contribution in [0.5, 0.6) is 5.75 Å². The Balaban J connectivity index is 2.12. The third-order valence-electron chi connectivity index (χ3n) is 3.73. The number of piperazine rings is 1. The summed E-state index contributed by atoms with van der Waals surface area (Å²) < 4.78 is 10.4. The summed E-state index contributed by atoms with van der Waals surface area (Å²) in [6, 6.07) is 6.45. The van der Waals surface area contributed by atoms with Crippen LogP contribution in [0.1, 0.15) is 20.8 Å². The van der Waals surface area contributed by atoms with Gasteiger partial charge in [-0.2, -0.15) is 0 Å². The number of hydrogen-bond acceptors (Lipinski definition) is 5. The number of benzene rings is 1. The summed E-state index contributed by atoms with van der Waals surface area (Å²) in [5.74, 6) is -0.306. The SMILES string of the molecule is COc1ccc(N2CCN(C(=O)OC(C)(C)C)[C@@H](C(=O)O)C2)cc1. The van der Waals surface area contributed by atoms with E-state index in [1.165, 1.54) is 4.90 Å². The fourth-order valence-electron chi connectivity index (χ4n) is 2.56. The van der Waals surface area contributed by atoms with E-state index in [1.807, 2.05) is 29.2 Å². The Hall–Kier alpha value is -2.44. The minimum Gasteiger partial charge on any atom is -0.497 e. The molecule has 0 unspecified atom stereocenters. The number of nitrogens with zero attached hydrogens (tertiary/aromatic N) is 2. The van der Waals surface area contributed by atoms with Crippen molar-refractivity contribution in [2.75, 3.05) is 31.6 Å². The van der Waals surface area contributed by atoms with Crippen molar-refractivity contribution in [2.24, 2.45) is 0 Å². The maximum Gasteiger partial charge on any atom is 0.411 e. The average Bonchev–Trinajstić information content (AvgIpc) is 2.52. The number of ether oxygens (including phenoxy) is 2. The van der Waals surface area contributed by atoms with E-state index in [-0.39, 0.29) is 13.1 Å². The van der Waals surface area contributed by atoms with Crippen LogP contribution >= 0.6 is 0 Å². The number of rotatable bonds is 3. The Kier molecular flexibility index (Phi) is 5.21. The van der Waals surface area contributed by atoms with Crippen molar-refractivity contribution >= 4 is 17.7 Å². The molecule has 1 N–H and O–H groups in total. The first-order valence-electron chi connectivity index (χ1n) is 7.82. The summed E-state index contributed by atoms with van der Waals surface area (Å²) in [4.78, 5) is 27.1. The molecule has 1 saturated heterocycles. The lowest BCUT2D eigenvalue weighted by Crippen LogP contribution is -2.59. The van der Waals surface area contributed by atoms with E-state index in [1.54, 1.807) is 27.9 Å². The smallest absolute Gasteiger partial charge is 0.411 e. The predicted octanol–water partition coefficient (Wildman–Crippen LogP) is 2.21. The van der Waals surface area contributed by atoms with Crippen LogP contribution in [0.3, 0.4) is 0 Å². The number of carbonyl (C=O) groups is 2. The molecule has 0 aliphatic carbocycles. The topological polar surface area (TPSA) is 79.3 Å². The molecule has 1 amide bonds. The summed E-state index contributed by atoms with van der Waals surface area (Å²) in [7, 11) is 1.59. The van der Waals surface area contributed by atoms with Gasteiger partial charge in [0.1, 0.15) is 17.4 Å². The molecule has 0 bridgehead atoms. The van der Waals surface area contributed by atoms with E-state index in [0.717, 1.165) is 11.4 Å². The van der Waals surface area contributed by atoms with Crippen molar-refractivity contribution in [3.63, 3.8) is 0 Å². The van der Waals surface area contributed by atoms with Crippen LogP contribution in [0, 0.1) is 0 Å². The Morgan fingerprint density at radius 2 is 1.79 bits per heavy atom. The van der Waals surface area contributed by atoms with Gasteiger partial charge in [-0.1, -0.05) is 0 Å². The zero-order valence-electron chi connectivity index (χ0n) is 14.5. The lowest BCUT2D eigenvalue weighted by molar-refractivity contribution is -0.143. The Bertz CT molecular complexity index is 594. The number of anilines is 1. The first-order chi connectivity index (χ1) is 11.2. The van der Waals surface area contributed by atoms with Gasteiger partial charge in [0.15, 0.2) is 0 Å². The summed E-state index contributed by atoms with van der Waals surface area (Å²) in [5.41, 5.74) is 0.235. The highest BCUT2D eigenvalue weighted by Crippen LogP contribution is 2.23. The number of carboxylic acids is 1. The molecule has 1 aliphatic rings. The molecule has 0 saturated carbocycles. The molecular weight excluding hydrogens is 312 g/mol. The number of amides is 1. The Labute approximate surface area is 141 Å². The molecule has 7 nitrogen and oxygen atoms in total. The van der Waals surface area contributed by atoms with Gasteiger partial charge in [-0.15, -0.1) is 0 Å². The van der Waals surface area contributed by atoms with E-state index < -0.39 is 23.7 Å². The third kappa shape index (κ3) is 4.31. The molecule has 1 fully saturated rings. The van der Waals surface area contributed by atoms with Gasteiger partial charge in [-0.25, -0.2) is 9.59 Å². The second kappa shape index (κ2) is 6.98. The lowest BCUT2D eigenvalue weighted by Gasteiger charge is -2.40. The Morgan fingerprint density at radius 1 is 1.17 bits per heavy atom. The van der Waals surface area contributed by atoms with Crippen molar-refractivity contribution in [3.8, 4) is 5.75 Å². The van der Waals surface area contributed by atoms with E-state index in [9.17, 15) is 14.7 Å². The minimum atomic E-state index is -1.04. The number of hydrogen-bond donors (Lipinski definition) is 1. The molecule has 24 heavy (non-hydrogen) atoms. The molecule has 7 heteroatoms. The van der Waals surface area contributed by atoms with E-state index in [4.69, 9.17) is 9.47 Å². The van der Waals surface area contributed by atoms with Crippen molar-refractivity contribution in [1.29, 1.82) is 0 Å². The van der Waals surface area contributed by atoms with Gasteiger partial charge in [0.25, 0.3) is 0 Å². The average molecular weight is 336 g/mol. The highest BCUT2D eigenvalue weighted by molar-refractivity contribution is 5.81. The van der Waals surface area contributed by atoms with Crippen molar-refractivity contribution in [3.05, 3.63) is 24.3 Å². The molecule has 0 radical (unpaired) electrons. The molecule has 1 heterocycles. The summed E-state index contributed by atoms with van der Waals surface area (Å²) in [5, 5.41) is 9.51. The first kappa shape index (κ1) is 17.9. The normalized spacial score (nSPS) is 18.2. The summed E-state index contributed by atoms with van der Waals surface area (Å²) in [6.45, 7) is 6.31. The molecular formula is C17H24N2O5. The van der Waals surface area contributed by atoms with Crippen LogP contribution in [-0.4, -0.2) is 60.5 Å². The highest BCUT2D eigenvalue weighted by Gasteiger charge is 2.37. The van der Waals surface area contributed by atoms with Gasteiger partial charge in [-0.05, 0) is 45.0 Å². The minimum absolute atomic E-state index is 0.209. The number of aliphatic carboxylic acids is 1. The fourth-order valence-corrected chi connectivity index (χ4v) is 2.56. The molecule has 1 aliphatic heterocycles. The number of carboxylic acid groups (broad SMARTS) is 1. The second-order valence-corrected chi connectivity index (χ2v) is 6.67. The molecule has 1 atom stereocenters. The van der Waals surface area contributed by atoms with Gasteiger partial charge in [0.05, 0.1) is 7.11 Å². The molecule has 0 aromatic heterocycles. The quantitative estimate of drug-likeness (QED) is 0.912. The van der Waals surface area contributed by atoms with Crippen LogP contribution in [0.2, 0.25) is 0 Å². The van der Waals surface area contributed by atoms with Crippen LogP contribution in [-0.2, 0) is 9.53 Å².